The van der Waals surface area contributed by atoms with E-state index >= 15 is 0 Å². The van der Waals surface area contributed by atoms with Crippen LogP contribution in [0, 0.1) is 5.41 Å². The number of nitrogens with one attached hydrogen (secondary N) is 1. The lowest BCUT2D eigenvalue weighted by Crippen LogP contribution is -2.35. The van der Waals surface area contributed by atoms with Gasteiger partial charge in [0.15, 0.2) is 5.82 Å². The monoisotopic (exact) mass is 364 g/mol. The lowest BCUT2D eigenvalue weighted by atomic mass is 9.96. The number of carbonyl (C=O) groups is 1. The van der Waals surface area contributed by atoms with Crippen LogP contribution in [-0.4, -0.2) is 39.9 Å². The molecule has 1 atom stereocenters. The first-order valence-electron chi connectivity index (χ1n) is 9.88. The zero-order valence-electron chi connectivity index (χ0n) is 16.5. The second kappa shape index (κ2) is 6.95. The van der Waals surface area contributed by atoms with Crippen LogP contribution in [0.25, 0.3) is 11.4 Å². The summed E-state index contributed by atoms with van der Waals surface area (Å²) in [4.78, 5) is 24.1. The first-order chi connectivity index (χ1) is 12.9. The van der Waals surface area contributed by atoms with Gasteiger partial charge in [-0.05, 0) is 24.7 Å². The van der Waals surface area contributed by atoms with Crippen molar-refractivity contribution in [2.45, 2.75) is 52.5 Å². The molecule has 0 unspecified atom stereocenters. The van der Waals surface area contributed by atoms with Gasteiger partial charge in [0.1, 0.15) is 5.82 Å². The average molecular weight is 364 g/mol. The van der Waals surface area contributed by atoms with E-state index in [4.69, 9.17) is 9.97 Å². The largest absolute Gasteiger partial charge is 0.365 e. The van der Waals surface area contributed by atoms with Crippen molar-refractivity contribution in [3.8, 4) is 11.4 Å². The smallest absolute Gasteiger partial charge is 0.224 e. The molecule has 2 aromatic rings. The Morgan fingerprint density at radius 1 is 1.15 bits per heavy atom. The van der Waals surface area contributed by atoms with Crippen molar-refractivity contribution in [2.75, 3.05) is 18.4 Å². The van der Waals surface area contributed by atoms with E-state index < -0.39 is 0 Å². The Bertz CT molecular complexity index is 841. The van der Waals surface area contributed by atoms with E-state index in [1.165, 1.54) is 5.56 Å². The van der Waals surface area contributed by atoms with Crippen LogP contribution < -0.4 is 5.32 Å². The fraction of sp³-hybridized carbons (Fsp3) is 0.500. The summed E-state index contributed by atoms with van der Waals surface area (Å²) in [6, 6.07) is 10.2. The molecule has 1 saturated heterocycles. The molecule has 1 aromatic carbocycles. The van der Waals surface area contributed by atoms with Crippen molar-refractivity contribution in [2.24, 2.45) is 5.41 Å². The van der Waals surface area contributed by atoms with Gasteiger partial charge in [0.05, 0.1) is 6.04 Å². The Hall–Kier alpha value is -2.43. The van der Waals surface area contributed by atoms with E-state index in [-0.39, 0.29) is 17.4 Å². The molecule has 1 aliphatic heterocycles. The third kappa shape index (κ3) is 3.97. The molecule has 1 aliphatic carbocycles. The Balaban J connectivity index is 1.57. The van der Waals surface area contributed by atoms with E-state index in [9.17, 15) is 4.79 Å². The minimum Gasteiger partial charge on any atom is -0.365 e. The van der Waals surface area contributed by atoms with Crippen molar-refractivity contribution in [1.82, 2.24) is 14.9 Å². The molecular weight excluding hydrogens is 336 g/mol. The number of fused-ring (bicyclic) bond motifs is 1. The van der Waals surface area contributed by atoms with Gasteiger partial charge in [-0.2, -0.15) is 0 Å². The Morgan fingerprint density at radius 3 is 2.67 bits per heavy atom. The van der Waals surface area contributed by atoms with Crippen molar-refractivity contribution >= 4 is 11.7 Å². The summed E-state index contributed by atoms with van der Waals surface area (Å²) in [7, 11) is 0. The third-order valence-electron chi connectivity index (χ3n) is 5.19. The highest BCUT2D eigenvalue weighted by molar-refractivity contribution is 5.80. The molecule has 27 heavy (non-hydrogen) atoms. The lowest BCUT2D eigenvalue weighted by molar-refractivity contribution is -0.128. The van der Waals surface area contributed by atoms with E-state index in [0.29, 0.717) is 6.42 Å². The maximum Gasteiger partial charge on any atom is 0.224 e. The van der Waals surface area contributed by atoms with Crippen LogP contribution in [0.1, 0.15) is 44.9 Å². The molecular formula is C22H28N4O. The van der Waals surface area contributed by atoms with Crippen LogP contribution in [0.3, 0.4) is 0 Å². The lowest BCUT2D eigenvalue weighted by Gasteiger charge is -2.26. The molecule has 1 N–H and O–H groups in total. The normalized spacial score (nSPS) is 19.4. The molecule has 2 heterocycles. The molecule has 0 saturated carbocycles. The van der Waals surface area contributed by atoms with Crippen molar-refractivity contribution in [3.63, 3.8) is 0 Å². The molecule has 5 nitrogen and oxygen atoms in total. The Morgan fingerprint density at radius 2 is 1.93 bits per heavy atom. The first kappa shape index (κ1) is 18.0. The van der Waals surface area contributed by atoms with E-state index in [1.807, 2.05) is 35.2 Å². The molecule has 1 amide bonds. The molecule has 4 rings (SSSR count). The molecule has 1 fully saturated rings. The van der Waals surface area contributed by atoms with Crippen LogP contribution in [0.5, 0.6) is 0 Å². The zero-order chi connectivity index (χ0) is 19.0. The summed E-state index contributed by atoms with van der Waals surface area (Å²) in [5.74, 6) is 1.93. The number of aromatic nitrogens is 2. The average Bonchev–Trinajstić information content (AvgIpc) is 3.21. The molecule has 142 valence electrons. The van der Waals surface area contributed by atoms with Crippen molar-refractivity contribution in [3.05, 3.63) is 41.6 Å². The Labute approximate surface area is 161 Å². The highest BCUT2D eigenvalue weighted by Crippen LogP contribution is 2.31. The number of hydrogen-bond donors (Lipinski definition) is 1. The minimum atomic E-state index is 0.112. The number of aryl methyl sites for hydroxylation is 1. The van der Waals surface area contributed by atoms with Gasteiger partial charge in [-0.15, -0.1) is 0 Å². The van der Waals surface area contributed by atoms with E-state index in [2.05, 4.69) is 26.1 Å². The summed E-state index contributed by atoms with van der Waals surface area (Å²) in [6.45, 7) is 8.05. The topological polar surface area (TPSA) is 58.1 Å². The van der Waals surface area contributed by atoms with Crippen LogP contribution in [0.4, 0.5) is 5.82 Å². The van der Waals surface area contributed by atoms with Gasteiger partial charge < -0.3 is 10.2 Å². The van der Waals surface area contributed by atoms with Crippen LogP contribution in [0.15, 0.2) is 30.3 Å². The molecule has 0 spiro atoms. The number of hydrogen-bond acceptors (Lipinski definition) is 4. The van der Waals surface area contributed by atoms with Gasteiger partial charge in [0.25, 0.3) is 0 Å². The highest BCUT2D eigenvalue weighted by Gasteiger charge is 2.33. The van der Waals surface area contributed by atoms with Crippen molar-refractivity contribution in [1.29, 1.82) is 0 Å². The van der Waals surface area contributed by atoms with Gasteiger partial charge in [0, 0.05) is 36.3 Å². The van der Waals surface area contributed by atoms with E-state index in [0.717, 1.165) is 55.3 Å². The predicted octanol–water partition coefficient (Wildman–Crippen LogP) is 3.69. The van der Waals surface area contributed by atoms with E-state index in [1.54, 1.807) is 0 Å². The van der Waals surface area contributed by atoms with Gasteiger partial charge in [-0.3, -0.25) is 4.79 Å². The number of benzene rings is 1. The zero-order valence-corrected chi connectivity index (χ0v) is 16.5. The third-order valence-corrected chi connectivity index (χ3v) is 5.19. The first-order valence-corrected chi connectivity index (χ1v) is 9.88. The highest BCUT2D eigenvalue weighted by atomic mass is 16.2. The molecule has 0 bridgehead atoms. The summed E-state index contributed by atoms with van der Waals surface area (Å²) >= 11 is 0. The van der Waals surface area contributed by atoms with Gasteiger partial charge in [-0.25, -0.2) is 9.97 Å². The second-order valence-corrected chi connectivity index (χ2v) is 8.92. The van der Waals surface area contributed by atoms with Crippen molar-refractivity contribution < 1.29 is 4.79 Å². The summed E-state index contributed by atoms with van der Waals surface area (Å²) in [6.07, 6.45) is 3.68. The number of rotatable bonds is 4. The standard InChI is InChI=1S/C22H28N4O/c1-22(2,3)14-26-13-16(12-19(26)27)23-21-17-10-7-11-18(17)24-20(25-21)15-8-5-4-6-9-15/h4-6,8-9,16H,7,10-14H2,1-3H3,(H,23,24,25)/t16-/m0/s1. The van der Waals surface area contributed by atoms with Crippen LogP contribution >= 0.6 is 0 Å². The maximum atomic E-state index is 12.4. The summed E-state index contributed by atoms with van der Waals surface area (Å²) in [5, 5.41) is 3.58. The quantitative estimate of drug-likeness (QED) is 0.899. The summed E-state index contributed by atoms with van der Waals surface area (Å²) in [5.41, 5.74) is 3.53. The fourth-order valence-corrected chi connectivity index (χ4v) is 4.06. The van der Waals surface area contributed by atoms with Crippen LogP contribution in [-0.2, 0) is 17.6 Å². The van der Waals surface area contributed by atoms with Gasteiger partial charge >= 0.3 is 0 Å². The summed E-state index contributed by atoms with van der Waals surface area (Å²) < 4.78 is 0. The fourth-order valence-electron chi connectivity index (χ4n) is 4.06. The number of likely N-dealkylation sites (tertiary alicyclic amines) is 1. The van der Waals surface area contributed by atoms with Gasteiger partial charge in [-0.1, -0.05) is 51.1 Å². The number of carbonyl (C=O) groups excluding carboxylic acids is 1. The SMILES string of the molecule is CC(C)(C)CN1C[C@@H](Nc2nc(-c3ccccc3)nc3c2CCC3)CC1=O. The Kier molecular flexibility index (Phi) is 4.62. The molecule has 1 aromatic heterocycles. The molecule has 2 aliphatic rings. The number of anilines is 1. The number of nitrogens with zero attached hydrogens (tertiary/aromatic N) is 3. The number of amides is 1. The predicted molar refractivity (Wildman–Crippen MR) is 108 cm³/mol. The van der Waals surface area contributed by atoms with Gasteiger partial charge in [0.2, 0.25) is 5.91 Å². The molecule has 5 heteroatoms. The molecule has 0 radical (unpaired) electrons. The maximum absolute atomic E-state index is 12.4. The second-order valence-electron chi connectivity index (χ2n) is 8.92. The van der Waals surface area contributed by atoms with Crippen LogP contribution in [0.2, 0.25) is 0 Å². The minimum absolute atomic E-state index is 0.112.